The van der Waals surface area contributed by atoms with Crippen molar-refractivity contribution in [3.05, 3.63) is 228 Å². The fourth-order valence-electron chi connectivity index (χ4n) is 14.5. The van der Waals surface area contributed by atoms with Crippen LogP contribution >= 0.6 is 91.8 Å². The van der Waals surface area contributed by atoms with E-state index >= 15 is 0 Å². The van der Waals surface area contributed by atoms with Gasteiger partial charge in [0.15, 0.2) is 23.1 Å². The van der Waals surface area contributed by atoms with E-state index in [2.05, 4.69) is 132 Å². The van der Waals surface area contributed by atoms with Crippen molar-refractivity contribution in [2.24, 2.45) is 23.3 Å². The molecule has 4 amide bonds. The maximum absolute atomic E-state index is 13.1. The SMILES string of the molecule is CC(CC(=O)c1cc(N2CC[C@@H](CN)C2)ncn1)c1ncc(C(=O)Nc2cc(C(F)(F)F)c(Cl)cn2)s1.CC(CC(=O)c1cc(NC2CCNCC2)ncn1)c1ncc(C(=O)Nc2cc(C(F)(F)F)c(Cl)cn2)s1.CC(CC(=O)c1cc(NCC2CCNCC2)ncn1)c1ncc(C(=O)Nc2cc(C(F)(F)F)c(Cl)cn2)s1.CC(CC(=O)c1cc(NCCCN)ncn1)c1ncc(C(=O)Nc2cc(C(F)(F)F)c(Cl)cn2)s1. The van der Waals surface area contributed by atoms with Gasteiger partial charge < -0.3 is 64.2 Å². The molecule has 780 valence electrons. The predicted octanol–water partition coefficient (Wildman–Crippen LogP) is 18.6. The normalized spacial score (nSPS) is 14.9. The molecule has 15 rings (SSSR count). The highest BCUT2D eigenvalue weighted by atomic mass is 35.5. The summed E-state index contributed by atoms with van der Waals surface area (Å²) in [6.07, 6.45) is 1.32. The highest BCUT2D eigenvalue weighted by Crippen LogP contribution is 2.42. The van der Waals surface area contributed by atoms with Crippen molar-refractivity contribution >= 4 is 185 Å². The summed E-state index contributed by atoms with van der Waals surface area (Å²) in [7, 11) is 0. The van der Waals surface area contributed by atoms with Gasteiger partial charge in [-0.25, -0.2) is 79.7 Å². The molecule has 0 spiro atoms. The highest BCUT2D eigenvalue weighted by Gasteiger charge is 2.39. The summed E-state index contributed by atoms with van der Waals surface area (Å²) in [5, 5.41) is 25.4. The van der Waals surface area contributed by atoms with E-state index in [9.17, 15) is 91.0 Å². The molecule has 0 aliphatic carbocycles. The lowest BCUT2D eigenvalue weighted by Crippen LogP contribution is -2.35. The number of alkyl halides is 12. The lowest BCUT2D eigenvalue weighted by Gasteiger charge is -2.24. The largest absolute Gasteiger partial charge is 0.418 e. The fourth-order valence-corrected chi connectivity index (χ4v) is 18.8. The second-order valence-corrected chi connectivity index (χ2v) is 39.5. The average molecular weight is 2200 g/mol. The third-order valence-corrected chi connectivity index (χ3v) is 28.5. The van der Waals surface area contributed by atoms with Gasteiger partial charge >= 0.3 is 24.7 Å². The van der Waals surface area contributed by atoms with Crippen LogP contribution in [0.15, 0.2) is 123 Å². The van der Waals surface area contributed by atoms with Gasteiger partial charge in [0.2, 0.25) is 0 Å². The van der Waals surface area contributed by atoms with E-state index < -0.39 is 90.7 Å². The third-order valence-electron chi connectivity index (χ3n) is 22.4. The van der Waals surface area contributed by atoms with Crippen molar-refractivity contribution in [3.63, 3.8) is 0 Å². The van der Waals surface area contributed by atoms with Gasteiger partial charge in [-0.1, -0.05) is 74.1 Å². The molecule has 0 aromatic carbocycles. The molecular weight excluding hydrogens is 2110 g/mol. The van der Waals surface area contributed by atoms with Gasteiger partial charge in [-0.3, -0.25) is 38.4 Å². The van der Waals surface area contributed by atoms with Crippen LogP contribution in [0.5, 0.6) is 0 Å². The Morgan fingerprint density at radius 2 is 0.694 bits per heavy atom. The number of hydrogen-bond donors (Lipinski definition) is 11. The van der Waals surface area contributed by atoms with Gasteiger partial charge in [0.05, 0.1) is 87.2 Å². The van der Waals surface area contributed by atoms with E-state index in [0.29, 0.717) is 99.0 Å². The number of nitrogens with two attached hydrogens (primary N) is 2. The maximum atomic E-state index is 13.1. The van der Waals surface area contributed by atoms with E-state index in [1.54, 1.807) is 52.0 Å². The number of nitrogens with zero attached hydrogens (tertiary/aromatic N) is 17. The second kappa shape index (κ2) is 51.8. The standard InChI is InChI=1S/C24H25ClF3N7O2S.2C23H23ClF3N7O2S.C21H21ClF3N7O2S/c1-13(6-18(36)17-8-20(34-12-33-17)30-9-14-2-4-29-5-3-14)23-32-11-19(38-23)22(37)35-21-7-15(24(26,27)28)16(25)10-31-21;1-12(6-17(35)16-8-20(32-11-31-16)33-13-2-4-28-5-3-13)22-30-10-18(37-22)21(36)34-19-7-14(23(25,26)27)15(24)9-29-19;1-12(4-17(35)16-6-20(32-11-31-16)34-3-2-13(7-28)10-34)22-30-9-18(37-22)21(36)33-19-5-14(23(25,26)27)15(24)8-29-19;1-11(5-15(33)14-7-17(31-10-30-14)27-4-2-3-26)20-29-9-16(35-20)19(34)32-18-6-12(21(23,24)25)13(22)8-28-18/h7-8,10-14,29H,2-6,9H2,1H3,(H,30,33,34)(H,31,35,37);7-13,28H,2-6H2,1H3,(H,29,34,36)(H,31,32,33);5-6,8-9,11-13H,2-4,7,10,28H2,1H3,(H,29,33,36);6-11H,2-5,26H2,1H3,(H,27,30,31)(H,28,32,34)/t;;12?,13-;/m..0./s1. The van der Waals surface area contributed by atoms with Crippen molar-refractivity contribution in [3.8, 4) is 0 Å². The molecule has 3 aliphatic heterocycles. The molecule has 56 heteroatoms. The van der Waals surface area contributed by atoms with Gasteiger partial charge in [-0.05, 0) is 114 Å². The monoisotopic (exact) mass is 2200 g/mol. The minimum absolute atomic E-state index is 0.0848. The van der Waals surface area contributed by atoms with Crippen LogP contribution in [0.3, 0.4) is 0 Å². The van der Waals surface area contributed by atoms with Crippen LogP contribution in [-0.4, -0.2) is 198 Å². The number of nitrogens with one attached hydrogen (secondary N) is 9. The second-order valence-electron chi connectivity index (χ2n) is 33.6. The summed E-state index contributed by atoms with van der Waals surface area (Å²) in [4.78, 5) is 169. The number of Topliss-reactive ketones (excluding diaryl/α,β-unsaturated/α-hetero) is 4. The Morgan fingerprint density at radius 3 is 1.02 bits per heavy atom. The maximum Gasteiger partial charge on any atom is 0.418 e. The molecule has 0 radical (unpaired) electrons. The van der Waals surface area contributed by atoms with Crippen LogP contribution in [0.25, 0.3) is 0 Å². The molecule has 13 N–H and O–H groups in total. The Hall–Kier alpha value is -12.6. The first-order valence-corrected chi connectivity index (χ1v) is 49.8. The fraction of sp³-hybridized carbons (Fsp3) is 0.385. The number of anilines is 8. The molecule has 36 nitrogen and oxygen atoms in total. The van der Waals surface area contributed by atoms with Gasteiger partial charge in [0.1, 0.15) is 114 Å². The zero-order valence-corrected chi connectivity index (χ0v) is 84.2. The molecule has 12 aromatic rings. The summed E-state index contributed by atoms with van der Waals surface area (Å²) in [5.41, 5.74) is 7.89. The van der Waals surface area contributed by atoms with E-state index in [0.717, 1.165) is 154 Å². The number of pyridine rings is 4. The van der Waals surface area contributed by atoms with E-state index in [1.807, 2.05) is 0 Å². The number of ketones is 4. The lowest BCUT2D eigenvalue weighted by molar-refractivity contribution is -0.138. The lowest BCUT2D eigenvalue weighted by atomic mass is 9.98. The molecule has 0 saturated carbocycles. The van der Waals surface area contributed by atoms with Gasteiger partial charge in [-0.15, -0.1) is 45.3 Å². The molecule has 4 unspecified atom stereocenters. The van der Waals surface area contributed by atoms with E-state index in [4.69, 9.17) is 57.9 Å². The quantitative estimate of drug-likeness (QED) is 0.00998. The number of carbonyl (C=O) groups excluding carboxylic acids is 8. The van der Waals surface area contributed by atoms with Crippen LogP contribution in [0.1, 0.15) is 238 Å². The third kappa shape index (κ3) is 32.9. The van der Waals surface area contributed by atoms with Crippen molar-refractivity contribution in [1.82, 2.24) is 90.4 Å². The van der Waals surface area contributed by atoms with Crippen LogP contribution in [0.2, 0.25) is 20.1 Å². The summed E-state index contributed by atoms with van der Waals surface area (Å²) in [6, 6.07) is 9.42. The minimum Gasteiger partial charge on any atom is -0.370 e. The Labute approximate surface area is 866 Å². The highest BCUT2D eigenvalue weighted by molar-refractivity contribution is 7.15. The van der Waals surface area contributed by atoms with Gasteiger partial charge in [-0.2, -0.15) is 52.7 Å². The van der Waals surface area contributed by atoms with Crippen molar-refractivity contribution in [1.29, 1.82) is 0 Å². The van der Waals surface area contributed by atoms with Crippen molar-refractivity contribution in [2.45, 2.75) is 146 Å². The Kier molecular flexibility index (Phi) is 39.9. The Bertz CT molecular complexity index is 6640. The molecule has 3 aliphatic rings. The van der Waals surface area contributed by atoms with Crippen LogP contribution in [0.4, 0.5) is 99.2 Å². The first-order valence-electron chi connectivity index (χ1n) is 45.0. The van der Waals surface area contributed by atoms with Crippen molar-refractivity contribution in [2.75, 3.05) is 108 Å². The molecule has 12 aromatic heterocycles. The first-order chi connectivity index (χ1) is 69.8. The number of hydrogen-bond acceptors (Lipinski definition) is 36. The first kappa shape index (κ1) is 113. The number of amides is 4. The summed E-state index contributed by atoms with van der Waals surface area (Å²) in [5.74, 6) is -2.68. The topological polar surface area (TPSA) is 506 Å². The average Bonchev–Trinajstić information content (AvgIpc) is 1.70. The van der Waals surface area contributed by atoms with E-state index in [-0.39, 0.29) is 144 Å². The van der Waals surface area contributed by atoms with Crippen LogP contribution < -0.4 is 64.2 Å². The molecule has 3 saturated heterocycles. The smallest absolute Gasteiger partial charge is 0.370 e. The zero-order chi connectivity index (χ0) is 106. The summed E-state index contributed by atoms with van der Waals surface area (Å²) in [6.45, 7) is 15.1. The number of carbonyl (C=O) groups is 8. The molecular formula is C91H92Cl4F12N28O8S4. The van der Waals surface area contributed by atoms with Gasteiger partial charge in [0, 0.05) is 131 Å². The summed E-state index contributed by atoms with van der Waals surface area (Å²) >= 11 is 26.4. The number of rotatable bonds is 35. The summed E-state index contributed by atoms with van der Waals surface area (Å²) < 4.78 is 157. The van der Waals surface area contributed by atoms with Crippen LogP contribution in [0, 0.1) is 11.8 Å². The number of piperidine rings is 2. The minimum atomic E-state index is -4.69. The Balaban J connectivity index is 0.000000174. The number of thiazole rings is 4. The molecule has 5 atom stereocenters. The molecule has 147 heavy (non-hydrogen) atoms. The number of aromatic nitrogens is 16. The molecule has 0 bridgehead atoms. The van der Waals surface area contributed by atoms with Crippen LogP contribution in [-0.2, 0) is 24.7 Å². The Morgan fingerprint density at radius 1 is 0.381 bits per heavy atom. The molecule has 15 heterocycles. The van der Waals surface area contributed by atoms with Gasteiger partial charge in [0.25, 0.3) is 23.6 Å². The predicted molar refractivity (Wildman–Crippen MR) is 530 cm³/mol. The molecule has 3 fully saturated rings. The van der Waals surface area contributed by atoms with Crippen molar-refractivity contribution < 1.29 is 91.0 Å². The zero-order valence-electron chi connectivity index (χ0n) is 77.9. The number of halogens is 16. The van der Waals surface area contributed by atoms with E-state index in [1.165, 1.54) is 50.1 Å².